The van der Waals surface area contributed by atoms with Crippen LogP contribution in [0.4, 0.5) is 4.39 Å². The van der Waals surface area contributed by atoms with Gasteiger partial charge in [-0.3, -0.25) is 0 Å². The van der Waals surface area contributed by atoms with Gasteiger partial charge in [0.25, 0.3) is 0 Å². The zero-order chi connectivity index (χ0) is 13.4. The molecule has 0 atom stereocenters. The van der Waals surface area contributed by atoms with Gasteiger partial charge in [0, 0.05) is 12.8 Å². The van der Waals surface area contributed by atoms with Crippen LogP contribution < -0.4 is 0 Å². The lowest BCUT2D eigenvalue weighted by Crippen LogP contribution is -2.11. The summed E-state index contributed by atoms with van der Waals surface area (Å²) in [6.07, 6.45) is 1.71. The van der Waals surface area contributed by atoms with Crippen molar-refractivity contribution in [3.63, 3.8) is 0 Å². The Morgan fingerprint density at radius 3 is 2.61 bits per heavy atom. The molecule has 96 valence electrons. The predicted molar refractivity (Wildman–Crippen MR) is 69.7 cm³/mol. The molecule has 0 aliphatic rings. The summed E-state index contributed by atoms with van der Waals surface area (Å²) in [5.41, 5.74) is 0.947. The molecule has 0 spiro atoms. The topological polar surface area (TPSA) is 26.3 Å². The lowest BCUT2D eigenvalue weighted by atomic mass is 10.0. The first-order chi connectivity index (χ1) is 8.69. The summed E-state index contributed by atoms with van der Waals surface area (Å²) in [6.45, 7) is 5.40. The fourth-order valence-electron chi connectivity index (χ4n) is 1.55. The minimum absolute atomic E-state index is 0.0426. The third-order valence-corrected chi connectivity index (χ3v) is 2.40. The summed E-state index contributed by atoms with van der Waals surface area (Å²) >= 11 is 0. The van der Waals surface area contributed by atoms with Crippen LogP contribution in [0.25, 0.3) is 0 Å². The van der Waals surface area contributed by atoms with Crippen molar-refractivity contribution in [2.24, 2.45) is 0 Å². The fourth-order valence-corrected chi connectivity index (χ4v) is 1.55. The van der Waals surface area contributed by atoms with Crippen LogP contribution in [-0.2, 0) is 16.0 Å². The lowest BCUT2D eigenvalue weighted by Gasteiger charge is -2.08. The van der Waals surface area contributed by atoms with E-state index in [-0.39, 0.29) is 25.0 Å². The van der Waals surface area contributed by atoms with Crippen LogP contribution in [0.3, 0.4) is 0 Å². The number of esters is 1. The molecule has 0 fully saturated rings. The highest BCUT2D eigenvalue weighted by molar-refractivity contribution is 5.89. The first kappa shape index (κ1) is 14.2. The number of hydrogen-bond acceptors (Lipinski definition) is 2. The number of halogens is 1. The number of hydrogen-bond donors (Lipinski definition) is 0. The van der Waals surface area contributed by atoms with Gasteiger partial charge in [-0.05, 0) is 12.5 Å². The molecular formula is C15H17FO2. The molecule has 2 nitrogen and oxygen atoms in total. The predicted octanol–water partition coefficient (Wildman–Crippen LogP) is 3.59. The van der Waals surface area contributed by atoms with Crippen LogP contribution in [0.5, 0.6) is 0 Å². The minimum Gasteiger partial charge on any atom is -0.463 e. The molecule has 0 heterocycles. The van der Waals surface area contributed by atoms with Gasteiger partial charge in [-0.2, -0.15) is 0 Å². The molecule has 0 saturated heterocycles. The van der Waals surface area contributed by atoms with Gasteiger partial charge < -0.3 is 4.74 Å². The number of rotatable bonds is 6. The number of benzene rings is 1. The maximum Gasteiger partial charge on any atom is 0.336 e. The van der Waals surface area contributed by atoms with E-state index in [2.05, 4.69) is 6.58 Å². The third-order valence-electron chi connectivity index (χ3n) is 2.40. The molecule has 0 aromatic heterocycles. The van der Waals surface area contributed by atoms with Crippen molar-refractivity contribution in [2.75, 3.05) is 6.61 Å². The van der Waals surface area contributed by atoms with Gasteiger partial charge in [-0.25, -0.2) is 9.18 Å². The van der Waals surface area contributed by atoms with Gasteiger partial charge in [-0.15, -0.1) is 6.58 Å². The van der Waals surface area contributed by atoms with Crippen molar-refractivity contribution in [3.05, 3.63) is 60.0 Å². The summed E-state index contributed by atoms with van der Waals surface area (Å²) in [4.78, 5) is 11.7. The molecule has 0 N–H and O–H groups in total. The minimum atomic E-state index is -0.597. The molecule has 0 bridgehead atoms. The Balaban J connectivity index is 2.95. The van der Waals surface area contributed by atoms with Crippen LogP contribution in [-0.4, -0.2) is 12.6 Å². The summed E-state index contributed by atoms with van der Waals surface area (Å²) < 4.78 is 18.7. The summed E-state index contributed by atoms with van der Waals surface area (Å²) in [5, 5.41) is 0. The molecule has 0 saturated carbocycles. The van der Waals surface area contributed by atoms with E-state index >= 15 is 0 Å². The first-order valence-electron chi connectivity index (χ1n) is 5.88. The van der Waals surface area contributed by atoms with E-state index in [0.29, 0.717) is 0 Å². The number of ether oxygens (including phenoxy) is 1. The summed E-state index contributed by atoms with van der Waals surface area (Å²) in [5.74, 6) is -1.08. The van der Waals surface area contributed by atoms with Crippen LogP contribution in [0, 0.1) is 0 Å². The molecule has 18 heavy (non-hydrogen) atoms. The maximum absolute atomic E-state index is 13.8. The average Bonchev–Trinajstić information content (AvgIpc) is 2.37. The monoisotopic (exact) mass is 248 g/mol. The van der Waals surface area contributed by atoms with Gasteiger partial charge in [0.1, 0.15) is 5.83 Å². The highest BCUT2D eigenvalue weighted by Crippen LogP contribution is 2.18. The van der Waals surface area contributed by atoms with E-state index < -0.39 is 11.8 Å². The third kappa shape index (κ3) is 4.17. The SMILES string of the molecule is C=CC/C(F)=C(/Cc1ccccc1)C(=O)OCC. The maximum atomic E-state index is 13.8. The second-order valence-electron chi connectivity index (χ2n) is 3.76. The molecule has 0 radical (unpaired) electrons. The van der Waals surface area contributed by atoms with Crippen molar-refractivity contribution in [1.82, 2.24) is 0 Å². The number of carbonyl (C=O) groups excluding carboxylic acids is 1. The normalized spacial score (nSPS) is 11.7. The molecule has 0 aliphatic heterocycles. The Morgan fingerprint density at radius 1 is 1.39 bits per heavy atom. The Morgan fingerprint density at radius 2 is 2.06 bits per heavy atom. The number of allylic oxidation sites excluding steroid dienone is 2. The smallest absolute Gasteiger partial charge is 0.336 e. The van der Waals surface area contributed by atoms with Crippen molar-refractivity contribution in [1.29, 1.82) is 0 Å². The van der Waals surface area contributed by atoms with Crippen molar-refractivity contribution < 1.29 is 13.9 Å². The number of carbonyl (C=O) groups is 1. The second-order valence-corrected chi connectivity index (χ2v) is 3.76. The van der Waals surface area contributed by atoms with Crippen LogP contribution in [0.2, 0.25) is 0 Å². The molecule has 1 aromatic carbocycles. The Bertz CT molecular complexity index is 435. The molecule has 0 amide bonds. The second kappa shape index (κ2) is 7.43. The van der Waals surface area contributed by atoms with Gasteiger partial charge in [0.2, 0.25) is 0 Å². The van der Waals surface area contributed by atoms with Gasteiger partial charge >= 0.3 is 5.97 Å². The van der Waals surface area contributed by atoms with Crippen LogP contribution >= 0.6 is 0 Å². The average molecular weight is 248 g/mol. The van der Waals surface area contributed by atoms with E-state index in [9.17, 15) is 9.18 Å². The molecule has 0 aliphatic carbocycles. The fraction of sp³-hybridized carbons (Fsp3) is 0.267. The highest BCUT2D eigenvalue weighted by Gasteiger charge is 2.16. The van der Waals surface area contributed by atoms with Crippen LogP contribution in [0.15, 0.2) is 54.4 Å². The standard InChI is InChI=1S/C15H17FO2/c1-3-8-14(16)13(15(17)18-4-2)11-12-9-6-5-7-10-12/h3,5-7,9-10H,1,4,8,11H2,2H3/b14-13+. The molecule has 0 unspecified atom stereocenters. The zero-order valence-electron chi connectivity index (χ0n) is 10.5. The van der Waals surface area contributed by atoms with Crippen molar-refractivity contribution >= 4 is 5.97 Å². The van der Waals surface area contributed by atoms with Gasteiger partial charge in [0.15, 0.2) is 0 Å². The quantitative estimate of drug-likeness (QED) is 0.437. The van der Waals surface area contributed by atoms with E-state index in [0.717, 1.165) is 5.56 Å². The zero-order valence-corrected chi connectivity index (χ0v) is 10.5. The van der Waals surface area contributed by atoms with Gasteiger partial charge in [-0.1, -0.05) is 36.4 Å². The van der Waals surface area contributed by atoms with E-state index in [4.69, 9.17) is 4.74 Å². The molecule has 3 heteroatoms. The molecule has 1 rings (SSSR count). The molecular weight excluding hydrogens is 231 g/mol. The largest absolute Gasteiger partial charge is 0.463 e. The summed E-state index contributed by atoms with van der Waals surface area (Å²) in [6, 6.07) is 9.27. The van der Waals surface area contributed by atoms with Crippen molar-refractivity contribution in [2.45, 2.75) is 19.8 Å². The van der Waals surface area contributed by atoms with E-state index in [1.54, 1.807) is 6.92 Å². The van der Waals surface area contributed by atoms with Crippen molar-refractivity contribution in [3.8, 4) is 0 Å². The Hall–Kier alpha value is -1.90. The van der Waals surface area contributed by atoms with E-state index in [1.165, 1.54) is 6.08 Å². The van der Waals surface area contributed by atoms with Gasteiger partial charge in [0.05, 0.1) is 12.2 Å². The van der Waals surface area contributed by atoms with Crippen LogP contribution in [0.1, 0.15) is 18.9 Å². The Labute approximate surface area is 107 Å². The summed E-state index contributed by atoms with van der Waals surface area (Å²) in [7, 11) is 0. The molecule has 1 aromatic rings. The lowest BCUT2D eigenvalue weighted by molar-refractivity contribution is -0.138. The Kier molecular flexibility index (Phi) is 5.85. The van der Waals surface area contributed by atoms with E-state index in [1.807, 2.05) is 30.3 Å². The first-order valence-corrected chi connectivity index (χ1v) is 5.88. The highest BCUT2D eigenvalue weighted by atomic mass is 19.1.